The van der Waals surface area contributed by atoms with Crippen LogP contribution in [0.4, 0.5) is 11.4 Å². The normalized spacial score (nSPS) is 11.6. The molecule has 3 heteroatoms. The molecule has 138 valence electrons. The van der Waals surface area contributed by atoms with Gasteiger partial charge in [-0.25, -0.2) is 0 Å². The van der Waals surface area contributed by atoms with E-state index in [1.165, 1.54) is 21.5 Å². The van der Waals surface area contributed by atoms with Crippen LogP contribution < -0.4 is 5.32 Å². The Balaban J connectivity index is 1.56. The Morgan fingerprint density at radius 3 is 2.28 bits per heavy atom. The van der Waals surface area contributed by atoms with Gasteiger partial charge in [-0.1, -0.05) is 78.3 Å². The van der Waals surface area contributed by atoms with Gasteiger partial charge in [0, 0.05) is 27.9 Å². The number of fused-ring (bicyclic) bond motifs is 6. The van der Waals surface area contributed by atoms with Crippen molar-refractivity contribution < 1.29 is 4.42 Å². The van der Waals surface area contributed by atoms with Crippen LogP contribution in [-0.4, -0.2) is 0 Å². The zero-order valence-electron chi connectivity index (χ0n) is 15.4. The molecule has 0 radical (unpaired) electrons. The van der Waals surface area contributed by atoms with Crippen molar-refractivity contribution >= 4 is 66.5 Å². The fraction of sp³-hybridized carbons (Fsp3) is 0. The molecule has 1 heterocycles. The fourth-order valence-corrected chi connectivity index (χ4v) is 4.36. The molecule has 0 saturated carbocycles. The third-order valence-electron chi connectivity index (χ3n) is 5.51. The number of hydrogen-bond donors (Lipinski definition) is 1. The van der Waals surface area contributed by atoms with Crippen LogP contribution in [0.5, 0.6) is 0 Å². The number of anilines is 2. The number of para-hydroxylation sites is 1. The smallest absolute Gasteiger partial charge is 0.137 e. The molecule has 0 spiro atoms. The van der Waals surface area contributed by atoms with Crippen molar-refractivity contribution in [1.29, 1.82) is 0 Å². The predicted octanol–water partition coefficient (Wildman–Crippen LogP) is 8.29. The molecule has 0 amide bonds. The summed E-state index contributed by atoms with van der Waals surface area (Å²) in [6, 6.07) is 31.0. The van der Waals surface area contributed by atoms with Crippen LogP contribution in [-0.2, 0) is 0 Å². The van der Waals surface area contributed by atoms with E-state index in [4.69, 9.17) is 16.0 Å². The first kappa shape index (κ1) is 16.5. The standard InChI is InChI=1S/C26H16ClNO/c27-21-14-20-19-9-3-4-11-24(19)29-25(20)15-23(21)28-22-10-5-7-17-13-12-16-6-1-2-8-18(16)26(17)22/h1-15,28H. The van der Waals surface area contributed by atoms with E-state index in [9.17, 15) is 0 Å². The van der Waals surface area contributed by atoms with Gasteiger partial charge < -0.3 is 9.73 Å². The van der Waals surface area contributed by atoms with Crippen LogP contribution in [0.25, 0.3) is 43.5 Å². The molecule has 0 unspecified atom stereocenters. The summed E-state index contributed by atoms with van der Waals surface area (Å²) in [7, 11) is 0. The van der Waals surface area contributed by atoms with Gasteiger partial charge >= 0.3 is 0 Å². The minimum atomic E-state index is 0.668. The molecule has 1 aromatic heterocycles. The van der Waals surface area contributed by atoms with E-state index in [0.717, 1.165) is 33.3 Å². The summed E-state index contributed by atoms with van der Waals surface area (Å²) >= 11 is 6.68. The van der Waals surface area contributed by atoms with Gasteiger partial charge in [-0.05, 0) is 34.4 Å². The van der Waals surface area contributed by atoms with Crippen LogP contribution >= 0.6 is 11.6 Å². The molecular formula is C26H16ClNO. The lowest BCUT2D eigenvalue weighted by molar-refractivity contribution is 0.669. The molecular weight excluding hydrogens is 378 g/mol. The van der Waals surface area contributed by atoms with Crippen molar-refractivity contribution in [3.8, 4) is 0 Å². The van der Waals surface area contributed by atoms with E-state index in [1.54, 1.807) is 0 Å². The highest BCUT2D eigenvalue weighted by Crippen LogP contribution is 2.38. The average molecular weight is 394 g/mol. The Morgan fingerprint density at radius 1 is 0.586 bits per heavy atom. The SMILES string of the molecule is Clc1cc2c(cc1Nc1cccc3ccc4ccccc4c13)oc1ccccc12. The van der Waals surface area contributed by atoms with Gasteiger partial charge in [0.1, 0.15) is 11.2 Å². The molecule has 0 fully saturated rings. The maximum atomic E-state index is 6.68. The lowest BCUT2D eigenvalue weighted by Gasteiger charge is -2.13. The van der Waals surface area contributed by atoms with E-state index < -0.39 is 0 Å². The maximum absolute atomic E-state index is 6.68. The Hall–Kier alpha value is -3.49. The molecule has 0 aliphatic heterocycles. The second kappa shape index (κ2) is 6.26. The largest absolute Gasteiger partial charge is 0.456 e. The molecule has 5 aromatic carbocycles. The van der Waals surface area contributed by atoms with E-state index in [0.29, 0.717) is 5.02 Å². The monoisotopic (exact) mass is 393 g/mol. The van der Waals surface area contributed by atoms with E-state index in [1.807, 2.05) is 30.3 Å². The summed E-state index contributed by atoms with van der Waals surface area (Å²) in [4.78, 5) is 0. The lowest BCUT2D eigenvalue weighted by Crippen LogP contribution is -1.93. The second-order valence-corrected chi connectivity index (χ2v) is 7.65. The van der Waals surface area contributed by atoms with Crippen molar-refractivity contribution in [3.05, 3.63) is 96.0 Å². The molecule has 0 aliphatic rings. The van der Waals surface area contributed by atoms with Crippen molar-refractivity contribution in [1.82, 2.24) is 0 Å². The van der Waals surface area contributed by atoms with Gasteiger partial charge in [0.05, 0.1) is 10.7 Å². The minimum absolute atomic E-state index is 0.668. The molecule has 6 aromatic rings. The Morgan fingerprint density at radius 2 is 1.34 bits per heavy atom. The molecule has 0 saturated heterocycles. The van der Waals surface area contributed by atoms with Gasteiger partial charge in [-0.2, -0.15) is 0 Å². The van der Waals surface area contributed by atoms with Crippen LogP contribution in [0.1, 0.15) is 0 Å². The lowest BCUT2D eigenvalue weighted by atomic mass is 10.0. The third-order valence-corrected chi connectivity index (χ3v) is 5.82. The minimum Gasteiger partial charge on any atom is -0.456 e. The summed E-state index contributed by atoms with van der Waals surface area (Å²) in [6.07, 6.45) is 0. The van der Waals surface area contributed by atoms with Crippen LogP contribution in [0.3, 0.4) is 0 Å². The molecule has 0 bridgehead atoms. The summed E-state index contributed by atoms with van der Waals surface area (Å²) in [5, 5.41) is 11.1. The average Bonchev–Trinajstić information content (AvgIpc) is 3.11. The number of halogens is 1. The zero-order valence-corrected chi connectivity index (χ0v) is 16.2. The van der Waals surface area contributed by atoms with Crippen molar-refractivity contribution in [2.24, 2.45) is 0 Å². The fourth-order valence-electron chi connectivity index (χ4n) is 4.15. The quantitative estimate of drug-likeness (QED) is 0.299. The number of benzene rings is 5. The second-order valence-electron chi connectivity index (χ2n) is 7.24. The van der Waals surface area contributed by atoms with E-state index in [-0.39, 0.29) is 0 Å². The maximum Gasteiger partial charge on any atom is 0.137 e. The zero-order chi connectivity index (χ0) is 19.4. The molecule has 2 nitrogen and oxygen atoms in total. The predicted molar refractivity (Wildman–Crippen MR) is 123 cm³/mol. The first-order valence-corrected chi connectivity index (χ1v) is 9.94. The topological polar surface area (TPSA) is 25.2 Å². The van der Waals surface area contributed by atoms with Gasteiger partial charge in [0.2, 0.25) is 0 Å². The van der Waals surface area contributed by atoms with Crippen LogP contribution in [0.15, 0.2) is 95.4 Å². The van der Waals surface area contributed by atoms with Gasteiger partial charge in [0.25, 0.3) is 0 Å². The first-order valence-electron chi connectivity index (χ1n) is 9.56. The highest BCUT2D eigenvalue weighted by atomic mass is 35.5. The first-order chi connectivity index (χ1) is 14.3. The molecule has 1 N–H and O–H groups in total. The number of furan rings is 1. The highest BCUT2D eigenvalue weighted by Gasteiger charge is 2.12. The Kier molecular flexibility index (Phi) is 3.56. The number of rotatable bonds is 2. The van der Waals surface area contributed by atoms with Gasteiger partial charge in [-0.3, -0.25) is 0 Å². The van der Waals surface area contributed by atoms with Gasteiger partial charge in [0.15, 0.2) is 0 Å². The van der Waals surface area contributed by atoms with E-state index in [2.05, 4.69) is 66.0 Å². The molecule has 0 aliphatic carbocycles. The summed E-state index contributed by atoms with van der Waals surface area (Å²) in [5.74, 6) is 0. The molecule has 0 atom stereocenters. The summed E-state index contributed by atoms with van der Waals surface area (Å²) in [5.41, 5.74) is 3.55. The third kappa shape index (κ3) is 2.57. The Labute approximate surface area is 172 Å². The molecule has 29 heavy (non-hydrogen) atoms. The summed E-state index contributed by atoms with van der Waals surface area (Å²) < 4.78 is 6.04. The number of nitrogens with one attached hydrogen (secondary N) is 1. The van der Waals surface area contributed by atoms with Crippen molar-refractivity contribution in [2.45, 2.75) is 0 Å². The Bertz CT molecular complexity index is 1550. The summed E-state index contributed by atoms with van der Waals surface area (Å²) in [6.45, 7) is 0. The highest BCUT2D eigenvalue weighted by molar-refractivity contribution is 6.35. The molecule has 6 rings (SSSR count). The van der Waals surface area contributed by atoms with Gasteiger partial charge in [-0.15, -0.1) is 0 Å². The number of hydrogen-bond acceptors (Lipinski definition) is 2. The van der Waals surface area contributed by atoms with E-state index >= 15 is 0 Å². The van der Waals surface area contributed by atoms with Crippen molar-refractivity contribution in [3.63, 3.8) is 0 Å². The van der Waals surface area contributed by atoms with Crippen LogP contribution in [0, 0.1) is 0 Å². The van der Waals surface area contributed by atoms with Crippen molar-refractivity contribution in [2.75, 3.05) is 5.32 Å². The van der Waals surface area contributed by atoms with Crippen LogP contribution in [0.2, 0.25) is 5.02 Å².